The molecule has 0 aromatic rings. The number of rotatable bonds is 8. The van der Waals surface area contributed by atoms with Crippen molar-refractivity contribution in [2.24, 2.45) is 0 Å². The van der Waals surface area contributed by atoms with E-state index in [0.29, 0.717) is 6.42 Å². The summed E-state index contributed by atoms with van der Waals surface area (Å²) >= 11 is 0. The van der Waals surface area contributed by atoms with Gasteiger partial charge in [-0.2, -0.15) is 0 Å². The first kappa shape index (κ1) is 26.8. The molecule has 18 heavy (non-hydrogen) atoms. The van der Waals surface area contributed by atoms with Crippen LogP contribution in [-0.4, -0.2) is 37.1 Å². The van der Waals surface area contributed by atoms with Crippen molar-refractivity contribution in [2.75, 3.05) is 13.2 Å². The number of aliphatic carboxylic acids is 1. The Hall–Kier alpha value is 0.370. The molecule has 0 bridgehead atoms. The molecule has 9 heteroatoms. The molecule has 1 N–H and O–H groups in total. The van der Waals surface area contributed by atoms with Gasteiger partial charge in [0.05, 0.1) is 13.2 Å². The van der Waals surface area contributed by atoms with Crippen molar-refractivity contribution >= 4 is 18.4 Å². The van der Waals surface area contributed by atoms with Gasteiger partial charge < -0.3 is 29.6 Å². The minimum atomic E-state index is -1.19. The molecule has 0 aromatic carbocycles. The average Bonchev–Trinajstić information content (AvgIpc) is 2.19. The van der Waals surface area contributed by atoms with Gasteiger partial charge in [0.25, 0.3) is 0 Å². The third-order valence-electron chi connectivity index (χ3n) is 1.39. The molecule has 94 valence electrons. The van der Waals surface area contributed by atoms with Gasteiger partial charge >= 0.3 is 65.3 Å². The summed E-state index contributed by atoms with van der Waals surface area (Å²) in [6.45, 7) is 0.0706. The second-order valence-corrected chi connectivity index (χ2v) is 2.67. The first-order valence-electron chi connectivity index (χ1n) is 4.51. The molecule has 0 unspecified atom stereocenters. The van der Waals surface area contributed by atoms with E-state index in [1.165, 1.54) is 0 Å². The maximum absolute atomic E-state index is 10.7. The normalized spacial score (nSPS) is 7.78. The van der Waals surface area contributed by atoms with Crippen LogP contribution in [0.15, 0.2) is 0 Å². The van der Waals surface area contributed by atoms with E-state index in [0.717, 1.165) is 0 Å². The van der Waals surface area contributed by atoms with Gasteiger partial charge in [-0.3, -0.25) is 6.29 Å². The molecule has 0 aromatic heterocycles. The van der Waals surface area contributed by atoms with Crippen LogP contribution in [0.3, 0.4) is 0 Å². The number of hydrogen-bond donors (Lipinski definition) is 0. The van der Waals surface area contributed by atoms with Crippen LogP contribution in [0.4, 0.5) is 4.79 Å². The predicted octanol–water partition coefficient (Wildman–Crippen LogP) is -6.61. The van der Waals surface area contributed by atoms with Gasteiger partial charge in [0.15, 0.2) is 0 Å². The molecule has 7 nitrogen and oxygen atoms in total. The van der Waals surface area contributed by atoms with E-state index in [1.54, 1.807) is 6.29 Å². The van der Waals surface area contributed by atoms with Gasteiger partial charge in [-0.25, -0.2) is 4.79 Å². The maximum Gasteiger partial charge on any atom is 1.00 e. The number of ether oxygens (including phenoxy) is 2. The van der Waals surface area contributed by atoms with Crippen LogP contribution in [0.25, 0.3) is 0 Å². The summed E-state index contributed by atoms with van der Waals surface area (Å²) in [5, 5.41) is 9.97. The van der Waals surface area contributed by atoms with Gasteiger partial charge in [0.1, 0.15) is 0 Å². The molecule has 0 fully saturated rings. The summed E-state index contributed by atoms with van der Waals surface area (Å²) < 4.78 is 9.07. The number of carbonyl (C=O) groups excluding carboxylic acids is 3. The third-order valence-corrected chi connectivity index (χ3v) is 1.39. The standard InChI is InChI=1S/C9H13O6.2Na.H2O/c10-5-1-2-6-14-9(13)15-7-3-4-8(11)12;;;/h1-4,6-7H2,(H,11,12);;;1H2/q-1;2*+1;/p-2. The Kier molecular flexibility index (Phi) is 29.4. The third kappa shape index (κ3) is 21.6. The molecule has 0 radical (unpaired) electrons. The first-order chi connectivity index (χ1) is 7.16. The molecule has 0 heterocycles. The molecule has 0 amide bonds. The minimum Gasteiger partial charge on any atom is -0.870 e. The van der Waals surface area contributed by atoms with Gasteiger partial charge in [0, 0.05) is 5.97 Å². The van der Waals surface area contributed by atoms with Crippen LogP contribution >= 0.6 is 0 Å². The monoisotopic (exact) mass is 279 g/mol. The van der Waals surface area contributed by atoms with Crippen molar-refractivity contribution in [1.29, 1.82) is 0 Å². The molecule has 0 atom stereocenters. The van der Waals surface area contributed by atoms with Crippen molar-refractivity contribution in [1.82, 2.24) is 0 Å². The van der Waals surface area contributed by atoms with Gasteiger partial charge in [-0.15, -0.1) is 6.42 Å². The fraction of sp³-hybridized carbons (Fsp3) is 0.667. The topological polar surface area (TPSA) is 123 Å². The zero-order valence-corrected chi connectivity index (χ0v) is 14.6. The number of carbonyl (C=O) groups is 2. The second-order valence-electron chi connectivity index (χ2n) is 2.67. The SMILES string of the molecule is O=[C-]CCCOC(=O)OCCCC(=O)[O-].[Na+].[Na+].[OH-]. The van der Waals surface area contributed by atoms with Crippen LogP contribution in [0.2, 0.25) is 0 Å². The van der Waals surface area contributed by atoms with Crippen LogP contribution in [0.1, 0.15) is 25.7 Å². The Morgan fingerprint density at radius 1 is 1.06 bits per heavy atom. The molecule has 0 spiro atoms. The van der Waals surface area contributed by atoms with E-state index in [-0.39, 0.29) is 97.1 Å². The Balaban J connectivity index is -0.000000327. The smallest absolute Gasteiger partial charge is 0.870 e. The summed E-state index contributed by atoms with van der Waals surface area (Å²) in [5.41, 5.74) is 0. The Morgan fingerprint density at radius 3 is 2.00 bits per heavy atom. The van der Waals surface area contributed by atoms with Crippen LogP contribution in [0, 0.1) is 0 Å². The fourth-order valence-corrected chi connectivity index (χ4v) is 0.714. The molecule has 0 aliphatic carbocycles. The molecule has 0 saturated heterocycles. The molecular weight excluding hydrogens is 266 g/mol. The van der Waals surface area contributed by atoms with Crippen molar-refractivity contribution in [3.8, 4) is 0 Å². The quantitative estimate of drug-likeness (QED) is 0.187. The second kappa shape index (κ2) is 19.7. The van der Waals surface area contributed by atoms with E-state index < -0.39 is 12.1 Å². The maximum atomic E-state index is 10.7. The van der Waals surface area contributed by atoms with Crippen molar-refractivity contribution in [3.05, 3.63) is 0 Å². The number of hydrogen-bond acceptors (Lipinski definition) is 7. The number of carboxylic acids is 1. The molecule has 0 rings (SSSR count). The fourth-order valence-electron chi connectivity index (χ4n) is 0.714. The zero-order valence-electron chi connectivity index (χ0n) is 10.6. The summed E-state index contributed by atoms with van der Waals surface area (Å²) in [5.74, 6) is -1.19. The minimum absolute atomic E-state index is 0. The first-order valence-corrected chi connectivity index (χ1v) is 4.51. The molecular formula is C9H13Na2O7-. The van der Waals surface area contributed by atoms with Crippen molar-refractivity contribution in [2.45, 2.75) is 25.7 Å². The van der Waals surface area contributed by atoms with Gasteiger partial charge in [0.2, 0.25) is 0 Å². The van der Waals surface area contributed by atoms with Gasteiger partial charge in [-0.1, -0.05) is 0 Å². The Morgan fingerprint density at radius 2 is 1.56 bits per heavy atom. The van der Waals surface area contributed by atoms with Crippen molar-refractivity contribution < 1.29 is 93.6 Å². The van der Waals surface area contributed by atoms with Crippen molar-refractivity contribution in [3.63, 3.8) is 0 Å². The van der Waals surface area contributed by atoms with Gasteiger partial charge in [-0.05, 0) is 19.3 Å². The number of carboxylic acid groups (broad SMARTS) is 1. The molecule has 0 aliphatic rings. The largest absolute Gasteiger partial charge is 1.00 e. The average molecular weight is 279 g/mol. The van der Waals surface area contributed by atoms with E-state index in [1.807, 2.05) is 0 Å². The molecule has 0 aliphatic heterocycles. The number of unbranched alkanes of at least 4 members (excludes halogenated alkanes) is 1. The van der Waals surface area contributed by atoms with Crippen LogP contribution in [-0.2, 0) is 19.1 Å². The summed E-state index contributed by atoms with van der Waals surface area (Å²) in [6, 6.07) is 0. The zero-order chi connectivity index (χ0) is 11.5. The van der Waals surface area contributed by atoms with Crippen LogP contribution in [0.5, 0.6) is 0 Å². The molecule has 0 saturated carbocycles. The summed E-state index contributed by atoms with van der Waals surface area (Å²) in [4.78, 5) is 30.5. The van der Waals surface area contributed by atoms with E-state index in [2.05, 4.69) is 9.47 Å². The summed E-state index contributed by atoms with van der Waals surface area (Å²) in [6.07, 6.45) is 1.43. The summed E-state index contributed by atoms with van der Waals surface area (Å²) in [7, 11) is 0. The Labute approximate surface area is 149 Å². The van der Waals surface area contributed by atoms with E-state index >= 15 is 0 Å². The van der Waals surface area contributed by atoms with E-state index in [9.17, 15) is 19.5 Å². The Bertz CT molecular complexity index is 223. The van der Waals surface area contributed by atoms with Crippen LogP contribution < -0.4 is 64.2 Å². The van der Waals surface area contributed by atoms with E-state index in [4.69, 9.17) is 0 Å². The predicted molar refractivity (Wildman–Crippen MR) is 48.4 cm³/mol.